The normalized spacial score (nSPS) is 23.9. The van der Waals surface area contributed by atoms with Gasteiger partial charge in [0.05, 0.1) is 12.1 Å². The summed E-state index contributed by atoms with van der Waals surface area (Å²) < 4.78 is 0. The predicted octanol–water partition coefficient (Wildman–Crippen LogP) is 0.504. The van der Waals surface area contributed by atoms with Gasteiger partial charge in [0.1, 0.15) is 0 Å². The summed E-state index contributed by atoms with van der Waals surface area (Å²) in [6, 6.07) is 2.15. The zero-order chi connectivity index (χ0) is 12.3. The number of aromatic nitrogens is 2. The van der Waals surface area contributed by atoms with Crippen molar-refractivity contribution < 1.29 is 4.79 Å². The smallest absolute Gasteiger partial charge is 0.226 e. The first-order valence-electron chi connectivity index (χ1n) is 6.19. The average Bonchev–Trinajstić information content (AvgIpc) is 2.87. The van der Waals surface area contributed by atoms with Crippen LogP contribution in [0, 0.1) is 12.8 Å². The highest BCUT2D eigenvalue weighted by atomic mass is 16.1. The molecule has 0 aliphatic heterocycles. The molecule has 1 aromatic heterocycles. The van der Waals surface area contributed by atoms with Gasteiger partial charge >= 0.3 is 0 Å². The molecule has 1 aliphatic carbocycles. The molecular formula is C12H20N4O. The summed E-state index contributed by atoms with van der Waals surface area (Å²) in [5.74, 6) is 0.488. The molecule has 2 unspecified atom stereocenters. The van der Waals surface area contributed by atoms with Gasteiger partial charge in [0, 0.05) is 11.7 Å². The van der Waals surface area contributed by atoms with E-state index in [4.69, 9.17) is 5.73 Å². The van der Waals surface area contributed by atoms with E-state index in [1.54, 1.807) is 0 Å². The number of hydrogen-bond donors (Lipinski definition) is 3. The van der Waals surface area contributed by atoms with Gasteiger partial charge in [-0.15, -0.1) is 0 Å². The number of carbonyl (C=O) groups is 1. The Labute approximate surface area is 101 Å². The van der Waals surface area contributed by atoms with Crippen LogP contribution in [0.15, 0.2) is 6.07 Å². The highest BCUT2D eigenvalue weighted by molar-refractivity contribution is 5.78. The molecule has 0 spiro atoms. The fraction of sp³-hybridized carbons (Fsp3) is 0.667. The van der Waals surface area contributed by atoms with Crippen molar-refractivity contribution in [2.24, 2.45) is 11.7 Å². The maximum absolute atomic E-state index is 11.8. The van der Waals surface area contributed by atoms with Crippen LogP contribution in [0.2, 0.25) is 0 Å². The monoisotopic (exact) mass is 236 g/mol. The molecule has 0 saturated heterocycles. The molecule has 2 atom stereocenters. The number of hydrogen-bond acceptors (Lipinski definition) is 3. The maximum Gasteiger partial charge on any atom is 0.226 e. The van der Waals surface area contributed by atoms with Crippen LogP contribution in [0.3, 0.4) is 0 Å². The molecule has 94 valence electrons. The minimum absolute atomic E-state index is 0.0434. The second kappa shape index (κ2) is 5.31. The number of amides is 1. The molecular weight excluding hydrogens is 216 g/mol. The van der Waals surface area contributed by atoms with Crippen LogP contribution in [0.1, 0.15) is 30.7 Å². The van der Waals surface area contributed by atoms with Gasteiger partial charge < -0.3 is 11.1 Å². The van der Waals surface area contributed by atoms with E-state index in [2.05, 4.69) is 15.5 Å². The molecule has 0 aromatic carbocycles. The van der Waals surface area contributed by atoms with E-state index >= 15 is 0 Å². The van der Waals surface area contributed by atoms with Crippen molar-refractivity contribution in [3.05, 3.63) is 17.5 Å². The first kappa shape index (κ1) is 12.1. The summed E-state index contributed by atoms with van der Waals surface area (Å²) in [7, 11) is 0. The number of nitrogens with one attached hydrogen (secondary N) is 2. The molecule has 1 heterocycles. The topological polar surface area (TPSA) is 83.8 Å². The molecule has 4 N–H and O–H groups in total. The van der Waals surface area contributed by atoms with Crippen LogP contribution in [0.25, 0.3) is 0 Å². The number of carbonyl (C=O) groups excluding carboxylic acids is 1. The molecule has 1 aliphatic rings. The quantitative estimate of drug-likeness (QED) is 0.712. The second-order valence-corrected chi connectivity index (χ2v) is 4.82. The third-order valence-corrected chi connectivity index (χ3v) is 3.41. The Morgan fingerprint density at radius 3 is 3.12 bits per heavy atom. The molecule has 0 bridgehead atoms. The number of nitrogens with two attached hydrogens (primary N) is 1. The Hall–Kier alpha value is -1.36. The van der Waals surface area contributed by atoms with Crippen LogP contribution in [-0.4, -0.2) is 28.7 Å². The molecule has 17 heavy (non-hydrogen) atoms. The number of aryl methyl sites for hydroxylation is 1. The minimum atomic E-state index is 0.0434. The van der Waals surface area contributed by atoms with Gasteiger partial charge in [-0.2, -0.15) is 5.10 Å². The van der Waals surface area contributed by atoms with E-state index in [9.17, 15) is 4.79 Å². The van der Waals surface area contributed by atoms with Crippen LogP contribution in [-0.2, 0) is 11.2 Å². The van der Waals surface area contributed by atoms with Gasteiger partial charge in [0.25, 0.3) is 0 Å². The first-order valence-corrected chi connectivity index (χ1v) is 6.19. The Morgan fingerprint density at radius 1 is 1.65 bits per heavy atom. The number of H-pyrrole nitrogens is 1. The molecule has 0 radical (unpaired) electrons. The lowest BCUT2D eigenvalue weighted by molar-refractivity contribution is -0.121. The largest absolute Gasteiger partial charge is 0.353 e. The van der Waals surface area contributed by atoms with Gasteiger partial charge in [0.2, 0.25) is 5.91 Å². The first-order chi connectivity index (χ1) is 8.19. The minimum Gasteiger partial charge on any atom is -0.353 e. The Bertz CT molecular complexity index is 388. The summed E-state index contributed by atoms with van der Waals surface area (Å²) in [5, 5.41) is 9.96. The van der Waals surface area contributed by atoms with Gasteiger partial charge in [-0.25, -0.2) is 0 Å². The van der Waals surface area contributed by atoms with Crippen LogP contribution >= 0.6 is 0 Å². The standard InChI is InChI=1S/C12H20N4O/c1-8-5-10(16-15-8)6-12(17)14-11-4-2-3-9(11)7-13/h5,9,11H,2-4,6-7,13H2,1H3,(H,14,17)(H,15,16). The highest BCUT2D eigenvalue weighted by Crippen LogP contribution is 2.24. The van der Waals surface area contributed by atoms with Crippen molar-refractivity contribution in [2.45, 2.75) is 38.6 Å². The number of nitrogens with zero attached hydrogens (tertiary/aromatic N) is 1. The molecule has 1 amide bonds. The lowest BCUT2D eigenvalue weighted by Crippen LogP contribution is -2.40. The number of aromatic amines is 1. The maximum atomic E-state index is 11.8. The van der Waals surface area contributed by atoms with E-state index in [0.717, 1.165) is 30.7 Å². The lowest BCUT2D eigenvalue weighted by Gasteiger charge is -2.19. The second-order valence-electron chi connectivity index (χ2n) is 4.82. The van der Waals surface area contributed by atoms with Crippen LogP contribution in [0.5, 0.6) is 0 Å². The van der Waals surface area contributed by atoms with E-state index in [1.165, 1.54) is 0 Å². The Balaban J connectivity index is 1.85. The van der Waals surface area contributed by atoms with E-state index < -0.39 is 0 Å². The van der Waals surface area contributed by atoms with Gasteiger partial charge in [-0.05, 0) is 38.3 Å². The van der Waals surface area contributed by atoms with E-state index in [1.807, 2.05) is 13.0 Å². The summed E-state index contributed by atoms with van der Waals surface area (Å²) in [4.78, 5) is 11.8. The molecule has 1 fully saturated rings. The van der Waals surface area contributed by atoms with Crippen molar-refractivity contribution in [3.8, 4) is 0 Å². The summed E-state index contributed by atoms with van der Waals surface area (Å²) >= 11 is 0. The molecule has 1 aromatic rings. The van der Waals surface area contributed by atoms with Gasteiger partial charge in [0.15, 0.2) is 0 Å². The zero-order valence-corrected chi connectivity index (χ0v) is 10.2. The van der Waals surface area contributed by atoms with Crippen LogP contribution in [0.4, 0.5) is 0 Å². The predicted molar refractivity (Wildman–Crippen MR) is 65.4 cm³/mol. The van der Waals surface area contributed by atoms with E-state index in [0.29, 0.717) is 18.9 Å². The summed E-state index contributed by atoms with van der Waals surface area (Å²) in [5.41, 5.74) is 7.46. The zero-order valence-electron chi connectivity index (χ0n) is 10.2. The van der Waals surface area contributed by atoms with Crippen molar-refractivity contribution in [2.75, 3.05) is 6.54 Å². The lowest BCUT2D eigenvalue weighted by atomic mass is 10.0. The van der Waals surface area contributed by atoms with Crippen molar-refractivity contribution in [1.29, 1.82) is 0 Å². The fourth-order valence-corrected chi connectivity index (χ4v) is 2.50. The van der Waals surface area contributed by atoms with Crippen molar-refractivity contribution in [3.63, 3.8) is 0 Å². The third kappa shape index (κ3) is 3.06. The van der Waals surface area contributed by atoms with Gasteiger partial charge in [-0.3, -0.25) is 9.89 Å². The molecule has 5 heteroatoms. The van der Waals surface area contributed by atoms with Gasteiger partial charge in [-0.1, -0.05) is 6.42 Å². The van der Waals surface area contributed by atoms with Crippen molar-refractivity contribution >= 4 is 5.91 Å². The summed E-state index contributed by atoms with van der Waals surface area (Å²) in [6.45, 7) is 2.59. The molecule has 2 rings (SSSR count). The third-order valence-electron chi connectivity index (χ3n) is 3.41. The van der Waals surface area contributed by atoms with Crippen LogP contribution < -0.4 is 11.1 Å². The fourth-order valence-electron chi connectivity index (χ4n) is 2.50. The summed E-state index contributed by atoms with van der Waals surface area (Å²) in [6.07, 6.45) is 3.68. The Kier molecular flexibility index (Phi) is 3.78. The average molecular weight is 236 g/mol. The number of rotatable bonds is 4. The highest BCUT2D eigenvalue weighted by Gasteiger charge is 2.27. The SMILES string of the molecule is Cc1cc(CC(=O)NC2CCCC2CN)n[nH]1. The van der Waals surface area contributed by atoms with E-state index in [-0.39, 0.29) is 11.9 Å². The Morgan fingerprint density at radius 2 is 2.47 bits per heavy atom. The molecule has 1 saturated carbocycles. The van der Waals surface area contributed by atoms with Crippen molar-refractivity contribution in [1.82, 2.24) is 15.5 Å². The molecule has 5 nitrogen and oxygen atoms in total.